The van der Waals surface area contributed by atoms with Gasteiger partial charge in [-0.1, -0.05) is 19.8 Å². The first-order valence-corrected chi connectivity index (χ1v) is 12.4. The molecule has 0 amide bonds. The Balaban J connectivity index is 1.44. The van der Waals surface area contributed by atoms with Crippen molar-refractivity contribution in [3.8, 4) is 17.4 Å². The van der Waals surface area contributed by atoms with Crippen molar-refractivity contribution in [1.82, 2.24) is 14.1 Å². The van der Waals surface area contributed by atoms with E-state index in [1.807, 2.05) is 18.2 Å². The summed E-state index contributed by atoms with van der Waals surface area (Å²) in [6, 6.07) is 5.71. The summed E-state index contributed by atoms with van der Waals surface area (Å²) in [7, 11) is 0. The van der Waals surface area contributed by atoms with E-state index in [4.69, 9.17) is 9.47 Å². The number of hydrogen-bond acceptors (Lipinski definition) is 6. The van der Waals surface area contributed by atoms with Crippen LogP contribution in [0.25, 0.3) is 0 Å². The van der Waals surface area contributed by atoms with Gasteiger partial charge in [0.2, 0.25) is 5.88 Å². The number of aromatic nitrogens is 2. The van der Waals surface area contributed by atoms with Crippen LogP contribution in [0.4, 0.5) is 0 Å². The maximum atomic E-state index is 12.9. The van der Waals surface area contributed by atoms with Crippen LogP contribution in [0.5, 0.6) is 17.4 Å². The summed E-state index contributed by atoms with van der Waals surface area (Å²) in [6.45, 7) is 7.19. The average molecular weight is 457 g/mol. The SMILES string of the molecule is CCCCOc1ccc2c(c1)/C(=N/n1cc(O)n(CCCCN3CCCCC3)c1=O)CCO2. The van der Waals surface area contributed by atoms with Gasteiger partial charge < -0.3 is 19.5 Å². The molecule has 0 unspecified atom stereocenters. The van der Waals surface area contributed by atoms with Gasteiger partial charge in [-0.3, -0.25) is 4.57 Å². The third-order valence-electron chi connectivity index (χ3n) is 6.35. The minimum absolute atomic E-state index is 0.0498. The Bertz CT molecular complexity index is 1000. The van der Waals surface area contributed by atoms with Crippen molar-refractivity contribution in [1.29, 1.82) is 0 Å². The first kappa shape index (κ1) is 23.4. The number of ether oxygens (including phenoxy) is 2. The van der Waals surface area contributed by atoms with Crippen LogP contribution in [0.15, 0.2) is 34.3 Å². The Kier molecular flexibility index (Phi) is 8.10. The second kappa shape index (κ2) is 11.4. The number of fused-ring (bicyclic) bond motifs is 1. The summed E-state index contributed by atoms with van der Waals surface area (Å²) in [4.78, 5) is 15.4. The first-order chi connectivity index (χ1) is 16.2. The molecule has 180 valence electrons. The first-order valence-electron chi connectivity index (χ1n) is 12.4. The van der Waals surface area contributed by atoms with E-state index < -0.39 is 0 Å². The third-order valence-corrected chi connectivity index (χ3v) is 6.35. The lowest BCUT2D eigenvalue weighted by atomic mass is 10.0. The Labute approximate surface area is 195 Å². The number of rotatable bonds is 10. The predicted octanol–water partition coefficient (Wildman–Crippen LogP) is 3.84. The highest BCUT2D eigenvalue weighted by Crippen LogP contribution is 2.29. The van der Waals surface area contributed by atoms with E-state index >= 15 is 0 Å². The lowest BCUT2D eigenvalue weighted by Gasteiger charge is -2.26. The molecular formula is C25H36N4O4. The zero-order valence-electron chi connectivity index (χ0n) is 19.7. The second-order valence-corrected chi connectivity index (χ2v) is 8.88. The molecule has 0 aliphatic carbocycles. The number of unbranched alkanes of at least 4 members (excludes halogenated alkanes) is 2. The van der Waals surface area contributed by atoms with Gasteiger partial charge in [0.1, 0.15) is 11.5 Å². The summed E-state index contributed by atoms with van der Waals surface area (Å²) in [5.74, 6) is 1.45. The van der Waals surface area contributed by atoms with Crippen LogP contribution >= 0.6 is 0 Å². The number of hydrogen-bond donors (Lipinski definition) is 1. The molecule has 0 spiro atoms. The maximum absolute atomic E-state index is 12.9. The molecule has 2 aliphatic heterocycles. The smallest absolute Gasteiger partial charge is 0.351 e. The van der Waals surface area contributed by atoms with Crippen LogP contribution < -0.4 is 15.2 Å². The van der Waals surface area contributed by atoms with Gasteiger partial charge in [0.25, 0.3) is 0 Å². The molecule has 1 aromatic heterocycles. The second-order valence-electron chi connectivity index (χ2n) is 8.88. The van der Waals surface area contributed by atoms with Crippen molar-refractivity contribution in [3.05, 3.63) is 40.4 Å². The molecule has 0 saturated carbocycles. The zero-order chi connectivity index (χ0) is 23.0. The molecule has 0 atom stereocenters. The van der Waals surface area contributed by atoms with Crippen molar-refractivity contribution < 1.29 is 14.6 Å². The summed E-state index contributed by atoms with van der Waals surface area (Å²) >= 11 is 0. The fourth-order valence-electron chi connectivity index (χ4n) is 4.44. The Morgan fingerprint density at radius 1 is 1.12 bits per heavy atom. The van der Waals surface area contributed by atoms with Gasteiger partial charge >= 0.3 is 5.69 Å². The number of imidazole rings is 1. The number of benzene rings is 1. The van der Waals surface area contributed by atoms with Gasteiger partial charge in [0, 0.05) is 18.5 Å². The number of nitrogens with zero attached hydrogens (tertiary/aromatic N) is 4. The van der Waals surface area contributed by atoms with Crippen molar-refractivity contribution in [2.75, 3.05) is 32.8 Å². The van der Waals surface area contributed by atoms with Crippen LogP contribution in [0, 0.1) is 0 Å². The lowest BCUT2D eigenvalue weighted by Crippen LogP contribution is -2.31. The molecule has 0 radical (unpaired) electrons. The minimum Gasteiger partial charge on any atom is -0.494 e. The molecule has 3 heterocycles. The summed E-state index contributed by atoms with van der Waals surface area (Å²) < 4.78 is 14.2. The number of likely N-dealkylation sites (tertiary alicyclic amines) is 1. The van der Waals surface area contributed by atoms with Crippen LogP contribution in [0.1, 0.15) is 63.9 Å². The highest BCUT2D eigenvalue weighted by Gasteiger charge is 2.20. The van der Waals surface area contributed by atoms with Gasteiger partial charge in [-0.2, -0.15) is 9.78 Å². The van der Waals surface area contributed by atoms with E-state index in [1.54, 1.807) is 0 Å². The Morgan fingerprint density at radius 2 is 1.94 bits per heavy atom. The zero-order valence-corrected chi connectivity index (χ0v) is 19.7. The van der Waals surface area contributed by atoms with Crippen molar-refractivity contribution in [2.24, 2.45) is 5.10 Å². The maximum Gasteiger partial charge on any atom is 0.351 e. The van der Waals surface area contributed by atoms with E-state index in [1.165, 1.54) is 47.8 Å². The number of piperidine rings is 1. The van der Waals surface area contributed by atoms with Crippen LogP contribution in [-0.4, -0.2) is 57.8 Å². The van der Waals surface area contributed by atoms with E-state index in [0.29, 0.717) is 26.2 Å². The van der Waals surface area contributed by atoms with Crippen LogP contribution in [0.3, 0.4) is 0 Å². The highest BCUT2D eigenvalue weighted by atomic mass is 16.5. The van der Waals surface area contributed by atoms with Gasteiger partial charge in [0.15, 0.2) is 0 Å². The molecule has 4 rings (SSSR count). The topological polar surface area (TPSA) is 81.2 Å². The molecule has 1 saturated heterocycles. The van der Waals surface area contributed by atoms with Gasteiger partial charge in [0.05, 0.1) is 25.1 Å². The van der Waals surface area contributed by atoms with E-state index in [-0.39, 0.29) is 11.6 Å². The molecular weight excluding hydrogens is 420 g/mol. The standard InChI is InChI=1S/C25H36N4O4/c1-2-3-16-32-20-9-10-23-21(18-20)22(11-17-33-23)26-29-19-24(30)28(25(29)31)15-8-7-14-27-12-5-4-6-13-27/h9-10,18-19,30H,2-8,11-17H2,1H3/b26-22+. The molecule has 1 fully saturated rings. The van der Waals surface area contributed by atoms with E-state index in [2.05, 4.69) is 16.9 Å². The quantitative estimate of drug-likeness (QED) is 0.550. The summed E-state index contributed by atoms with van der Waals surface area (Å²) in [5, 5.41) is 14.9. The largest absolute Gasteiger partial charge is 0.494 e. The third kappa shape index (κ3) is 5.99. The van der Waals surface area contributed by atoms with Crippen molar-refractivity contribution >= 4 is 5.71 Å². The number of aromatic hydroxyl groups is 1. The van der Waals surface area contributed by atoms with Crippen molar-refractivity contribution in [3.63, 3.8) is 0 Å². The van der Waals surface area contributed by atoms with E-state index in [9.17, 15) is 9.90 Å². The fraction of sp³-hybridized carbons (Fsp3) is 0.600. The summed E-state index contributed by atoms with van der Waals surface area (Å²) in [6.07, 6.45) is 9.80. The van der Waals surface area contributed by atoms with Crippen LogP contribution in [-0.2, 0) is 6.54 Å². The molecule has 0 bridgehead atoms. The molecule has 1 aromatic carbocycles. The molecule has 2 aromatic rings. The van der Waals surface area contributed by atoms with E-state index in [0.717, 1.165) is 55.0 Å². The molecule has 33 heavy (non-hydrogen) atoms. The predicted molar refractivity (Wildman–Crippen MR) is 129 cm³/mol. The van der Waals surface area contributed by atoms with Gasteiger partial charge in [-0.15, -0.1) is 0 Å². The normalized spacial score (nSPS) is 17.7. The summed E-state index contributed by atoms with van der Waals surface area (Å²) in [5.41, 5.74) is 1.26. The monoisotopic (exact) mass is 456 g/mol. The molecule has 2 aliphatic rings. The average Bonchev–Trinajstić information content (AvgIpc) is 3.10. The molecule has 8 heteroatoms. The van der Waals surface area contributed by atoms with Crippen LogP contribution in [0.2, 0.25) is 0 Å². The van der Waals surface area contributed by atoms with Gasteiger partial charge in [-0.25, -0.2) is 4.79 Å². The molecule has 1 N–H and O–H groups in total. The minimum atomic E-state index is -0.318. The fourth-order valence-corrected chi connectivity index (χ4v) is 4.44. The molecule has 8 nitrogen and oxygen atoms in total. The Hall–Kier alpha value is -2.74. The lowest BCUT2D eigenvalue weighted by molar-refractivity contribution is 0.223. The van der Waals surface area contributed by atoms with Crippen molar-refractivity contribution in [2.45, 2.75) is 64.8 Å². The Morgan fingerprint density at radius 3 is 2.76 bits per heavy atom. The van der Waals surface area contributed by atoms with Gasteiger partial charge in [-0.05, 0) is 69.9 Å². The highest BCUT2D eigenvalue weighted by molar-refractivity contribution is 6.04.